The van der Waals surface area contributed by atoms with Gasteiger partial charge in [0.25, 0.3) is 0 Å². The zero-order chi connectivity index (χ0) is 12.6. The Kier molecular flexibility index (Phi) is 9.47. The van der Waals surface area contributed by atoms with Crippen molar-refractivity contribution in [2.24, 2.45) is 11.7 Å². The van der Waals surface area contributed by atoms with Gasteiger partial charge in [0.05, 0.1) is 0 Å². The average molecular weight is 246 g/mol. The summed E-state index contributed by atoms with van der Waals surface area (Å²) in [6, 6.07) is 1.05. The largest absolute Gasteiger partial charge is 0.328 e. The summed E-state index contributed by atoms with van der Waals surface area (Å²) >= 11 is 1.93. The molecule has 0 aromatic carbocycles. The Bertz CT molecular complexity index is 162. The van der Waals surface area contributed by atoms with Crippen molar-refractivity contribution in [1.29, 1.82) is 0 Å². The van der Waals surface area contributed by atoms with Crippen molar-refractivity contribution >= 4 is 11.8 Å². The molecule has 0 heterocycles. The van der Waals surface area contributed by atoms with Crippen LogP contribution >= 0.6 is 11.8 Å². The maximum absolute atomic E-state index is 5.75. The van der Waals surface area contributed by atoms with E-state index in [0.29, 0.717) is 12.1 Å². The first-order valence-corrected chi connectivity index (χ1v) is 7.81. The topological polar surface area (TPSA) is 29.3 Å². The molecule has 16 heavy (non-hydrogen) atoms. The van der Waals surface area contributed by atoms with Gasteiger partial charge in [0.2, 0.25) is 0 Å². The molecule has 0 saturated carbocycles. The SMILES string of the molecule is CSCC(C)N(C)CC(C)CCCC(C)N. The maximum Gasteiger partial charge on any atom is 0.0155 e. The summed E-state index contributed by atoms with van der Waals surface area (Å²) < 4.78 is 0. The normalized spacial score (nSPS) is 17.4. The lowest BCUT2D eigenvalue weighted by atomic mass is 10.0. The highest BCUT2D eigenvalue weighted by molar-refractivity contribution is 7.98. The summed E-state index contributed by atoms with van der Waals surface area (Å²) in [7, 11) is 2.24. The lowest BCUT2D eigenvalue weighted by Crippen LogP contribution is -2.34. The van der Waals surface area contributed by atoms with E-state index in [1.165, 1.54) is 25.1 Å². The third-order valence-electron chi connectivity index (χ3n) is 3.12. The number of thioether (sulfide) groups is 1. The molecule has 0 aliphatic heterocycles. The molecule has 0 aliphatic carbocycles. The fraction of sp³-hybridized carbons (Fsp3) is 1.00. The van der Waals surface area contributed by atoms with Gasteiger partial charge in [-0.1, -0.05) is 13.3 Å². The molecule has 0 rings (SSSR count). The van der Waals surface area contributed by atoms with Crippen molar-refractivity contribution in [2.75, 3.05) is 25.6 Å². The van der Waals surface area contributed by atoms with Crippen LogP contribution in [-0.4, -0.2) is 42.6 Å². The van der Waals surface area contributed by atoms with E-state index in [0.717, 1.165) is 12.3 Å². The zero-order valence-corrected chi connectivity index (χ0v) is 12.5. The van der Waals surface area contributed by atoms with Gasteiger partial charge in [-0.2, -0.15) is 11.8 Å². The van der Waals surface area contributed by atoms with Crippen LogP contribution in [0.15, 0.2) is 0 Å². The second-order valence-corrected chi connectivity index (χ2v) is 6.17. The number of rotatable bonds is 9. The van der Waals surface area contributed by atoms with E-state index < -0.39 is 0 Å². The summed E-state index contributed by atoms with van der Waals surface area (Å²) in [5.74, 6) is 2.01. The molecule has 2 N–H and O–H groups in total. The maximum atomic E-state index is 5.75. The smallest absolute Gasteiger partial charge is 0.0155 e. The number of nitrogens with two attached hydrogens (primary N) is 1. The summed E-state index contributed by atoms with van der Waals surface area (Å²) in [4.78, 5) is 2.48. The molecule has 0 bridgehead atoms. The Morgan fingerprint density at radius 1 is 1.19 bits per heavy atom. The summed E-state index contributed by atoms with van der Waals surface area (Å²) in [6.45, 7) is 7.96. The molecule has 0 aromatic heterocycles. The van der Waals surface area contributed by atoms with Crippen LogP contribution in [-0.2, 0) is 0 Å². The van der Waals surface area contributed by atoms with Crippen LogP contribution in [0.2, 0.25) is 0 Å². The first-order valence-electron chi connectivity index (χ1n) is 6.42. The van der Waals surface area contributed by atoms with Crippen LogP contribution < -0.4 is 5.73 Å². The van der Waals surface area contributed by atoms with Gasteiger partial charge in [-0.15, -0.1) is 0 Å². The molecule has 0 saturated heterocycles. The minimum Gasteiger partial charge on any atom is -0.328 e. The van der Waals surface area contributed by atoms with Gasteiger partial charge in [-0.05, 0) is 45.9 Å². The fourth-order valence-corrected chi connectivity index (χ4v) is 2.66. The average Bonchev–Trinajstić information content (AvgIpc) is 2.17. The van der Waals surface area contributed by atoms with Crippen molar-refractivity contribution in [1.82, 2.24) is 4.90 Å². The van der Waals surface area contributed by atoms with Crippen molar-refractivity contribution in [3.05, 3.63) is 0 Å². The molecular weight excluding hydrogens is 216 g/mol. The standard InChI is InChI=1S/C13H30N2S/c1-11(7-6-8-12(2)14)9-15(4)13(3)10-16-5/h11-13H,6-10,14H2,1-5H3. The lowest BCUT2D eigenvalue weighted by molar-refractivity contribution is 0.232. The van der Waals surface area contributed by atoms with E-state index in [4.69, 9.17) is 5.73 Å². The predicted molar refractivity (Wildman–Crippen MR) is 77.1 cm³/mol. The Balaban J connectivity index is 3.64. The number of hydrogen-bond acceptors (Lipinski definition) is 3. The lowest BCUT2D eigenvalue weighted by Gasteiger charge is -2.27. The summed E-state index contributed by atoms with van der Waals surface area (Å²) in [5.41, 5.74) is 5.75. The molecule has 3 heteroatoms. The molecule has 2 nitrogen and oxygen atoms in total. The highest BCUT2D eigenvalue weighted by atomic mass is 32.2. The van der Waals surface area contributed by atoms with Gasteiger partial charge in [-0.3, -0.25) is 0 Å². The van der Waals surface area contributed by atoms with Crippen LogP contribution in [0.3, 0.4) is 0 Å². The van der Waals surface area contributed by atoms with E-state index in [2.05, 4.69) is 39.0 Å². The van der Waals surface area contributed by atoms with Crippen molar-refractivity contribution < 1.29 is 0 Å². The second-order valence-electron chi connectivity index (χ2n) is 5.26. The van der Waals surface area contributed by atoms with Crippen LogP contribution in [0.25, 0.3) is 0 Å². The second kappa shape index (κ2) is 9.32. The van der Waals surface area contributed by atoms with Crippen LogP contribution in [0, 0.1) is 5.92 Å². The van der Waals surface area contributed by atoms with Gasteiger partial charge < -0.3 is 10.6 Å². The van der Waals surface area contributed by atoms with E-state index in [-0.39, 0.29) is 0 Å². The monoisotopic (exact) mass is 246 g/mol. The van der Waals surface area contributed by atoms with Crippen molar-refractivity contribution in [3.8, 4) is 0 Å². The molecule has 0 fully saturated rings. The summed E-state index contributed by atoms with van der Waals surface area (Å²) in [5, 5.41) is 0. The van der Waals surface area contributed by atoms with Gasteiger partial charge in [0.15, 0.2) is 0 Å². The molecule has 98 valence electrons. The Morgan fingerprint density at radius 3 is 2.31 bits per heavy atom. The molecule has 0 spiro atoms. The minimum atomic E-state index is 0.361. The Morgan fingerprint density at radius 2 is 1.81 bits per heavy atom. The third kappa shape index (κ3) is 8.43. The molecule has 0 aliphatic rings. The molecule has 0 radical (unpaired) electrons. The van der Waals surface area contributed by atoms with Gasteiger partial charge in [-0.25, -0.2) is 0 Å². The van der Waals surface area contributed by atoms with Crippen molar-refractivity contribution in [2.45, 2.75) is 52.1 Å². The van der Waals surface area contributed by atoms with E-state index in [1.807, 2.05) is 11.8 Å². The van der Waals surface area contributed by atoms with Crippen LogP contribution in [0.4, 0.5) is 0 Å². The number of nitrogens with zero attached hydrogens (tertiary/aromatic N) is 1. The minimum absolute atomic E-state index is 0.361. The van der Waals surface area contributed by atoms with E-state index >= 15 is 0 Å². The zero-order valence-electron chi connectivity index (χ0n) is 11.7. The fourth-order valence-electron chi connectivity index (χ4n) is 1.92. The highest BCUT2D eigenvalue weighted by Crippen LogP contribution is 2.12. The Labute approximate surface area is 106 Å². The van der Waals surface area contributed by atoms with E-state index in [9.17, 15) is 0 Å². The molecule has 3 unspecified atom stereocenters. The van der Waals surface area contributed by atoms with Gasteiger partial charge in [0.1, 0.15) is 0 Å². The predicted octanol–water partition coefficient (Wildman–Crippen LogP) is 2.82. The van der Waals surface area contributed by atoms with E-state index in [1.54, 1.807) is 0 Å². The number of hydrogen-bond donors (Lipinski definition) is 1. The summed E-state index contributed by atoms with van der Waals surface area (Å²) in [6.07, 6.45) is 5.91. The van der Waals surface area contributed by atoms with Gasteiger partial charge in [0, 0.05) is 24.4 Å². The molecule has 0 aromatic rings. The molecule has 0 amide bonds. The van der Waals surface area contributed by atoms with Crippen LogP contribution in [0.5, 0.6) is 0 Å². The quantitative estimate of drug-likeness (QED) is 0.678. The molecule has 3 atom stereocenters. The van der Waals surface area contributed by atoms with Crippen LogP contribution in [0.1, 0.15) is 40.0 Å². The van der Waals surface area contributed by atoms with Crippen molar-refractivity contribution in [3.63, 3.8) is 0 Å². The molecular formula is C13H30N2S. The first-order chi connectivity index (χ1) is 7.47. The Hall–Kier alpha value is 0.270. The first kappa shape index (κ1) is 16.3. The highest BCUT2D eigenvalue weighted by Gasteiger charge is 2.12. The third-order valence-corrected chi connectivity index (χ3v) is 3.93. The van der Waals surface area contributed by atoms with Gasteiger partial charge >= 0.3 is 0 Å².